The van der Waals surface area contributed by atoms with Crippen molar-refractivity contribution >= 4 is 0 Å². The first-order valence-electron chi connectivity index (χ1n) is 8.05. The highest BCUT2D eigenvalue weighted by atomic mass is 16.3. The summed E-state index contributed by atoms with van der Waals surface area (Å²) in [4.78, 5) is 0. The van der Waals surface area contributed by atoms with Crippen LogP contribution in [-0.4, -0.2) is 28.9 Å². The molecular formula is C16H38O3. The minimum absolute atomic E-state index is 0. The molecule has 0 aliphatic carbocycles. The molecule has 120 valence electrons. The molecule has 0 aromatic carbocycles. The summed E-state index contributed by atoms with van der Waals surface area (Å²) in [6.07, 6.45) is 15.0. The van der Waals surface area contributed by atoms with Gasteiger partial charge in [-0.25, -0.2) is 0 Å². The average molecular weight is 278 g/mol. The highest BCUT2D eigenvalue weighted by Crippen LogP contribution is 2.04. The van der Waals surface area contributed by atoms with Gasteiger partial charge in [0.1, 0.15) is 0 Å². The fourth-order valence-corrected chi connectivity index (χ4v) is 1.78. The maximum absolute atomic E-state index is 8.42. The van der Waals surface area contributed by atoms with Crippen molar-refractivity contribution in [3.8, 4) is 0 Å². The first-order valence-corrected chi connectivity index (χ1v) is 8.05. The van der Waals surface area contributed by atoms with Gasteiger partial charge in [-0.3, -0.25) is 0 Å². The summed E-state index contributed by atoms with van der Waals surface area (Å²) >= 11 is 0. The highest BCUT2D eigenvalue weighted by Gasteiger charge is 1.87. The van der Waals surface area contributed by atoms with E-state index in [1.807, 2.05) is 0 Å². The minimum atomic E-state index is 0. The molecule has 4 N–H and O–H groups in total. The Labute approximate surface area is 120 Å². The Kier molecular flexibility index (Phi) is 33.3. The smallest absolute Gasteiger partial charge is 0.0431 e. The van der Waals surface area contributed by atoms with E-state index in [9.17, 15) is 0 Å². The molecule has 0 amide bonds. The normalized spacial score (nSPS) is 9.47. The largest absolute Gasteiger partial charge is 0.412 e. The van der Waals surface area contributed by atoms with Crippen LogP contribution in [0.1, 0.15) is 90.9 Å². The molecule has 0 radical (unpaired) electrons. The fraction of sp³-hybridized carbons (Fsp3) is 1.00. The first kappa shape index (κ1) is 23.9. The van der Waals surface area contributed by atoms with Crippen molar-refractivity contribution in [2.24, 2.45) is 0 Å². The summed E-state index contributed by atoms with van der Waals surface area (Å²) in [7, 11) is 0. The zero-order chi connectivity index (χ0) is 13.9. The van der Waals surface area contributed by atoms with Gasteiger partial charge in [0, 0.05) is 13.2 Å². The lowest BCUT2D eigenvalue weighted by molar-refractivity contribution is 0.282. The van der Waals surface area contributed by atoms with Crippen LogP contribution in [0.25, 0.3) is 0 Å². The van der Waals surface area contributed by atoms with Crippen molar-refractivity contribution in [2.45, 2.75) is 90.9 Å². The van der Waals surface area contributed by atoms with Gasteiger partial charge < -0.3 is 15.7 Å². The van der Waals surface area contributed by atoms with Gasteiger partial charge in [0.2, 0.25) is 0 Å². The molecule has 3 nitrogen and oxygen atoms in total. The first-order chi connectivity index (χ1) is 8.83. The van der Waals surface area contributed by atoms with Crippen molar-refractivity contribution in [1.82, 2.24) is 0 Å². The molecule has 0 saturated carbocycles. The molecule has 0 fully saturated rings. The Hall–Kier alpha value is -0.120. The molecule has 19 heavy (non-hydrogen) atoms. The van der Waals surface area contributed by atoms with Crippen LogP contribution in [0, 0.1) is 0 Å². The van der Waals surface area contributed by atoms with Crippen LogP contribution in [0.2, 0.25) is 0 Å². The quantitative estimate of drug-likeness (QED) is 0.532. The van der Waals surface area contributed by atoms with E-state index in [-0.39, 0.29) is 5.48 Å². The molecule has 0 aromatic heterocycles. The number of unbranched alkanes of at least 4 members (excludes halogenated alkanes) is 10. The highest BCUT2D eigenvalue weighted by molar-refractivity contribution is 4.42. The van der Waals surface area contributed by atoms with Gasteiger partial charge in [0.05, 0.1) is 0 Å². The standard InChI is InChI=1S/2C8H18O.H2O/c2*1-2-3-4-5-6-7-8-9;/h2*9H,2-8H2,1H3;1H2. The molecule has 0 saturated heterocycles. The lowest BCUT2D eigenvalue weighted by atomic mass is 10.1. The van der Waals surface area contributed by atoms with E-state index in [4.69, 9.17) is 10.2 Å². The summed E-state index contributed by atoms with van der Waals surface area (Å²) in [6.45, 7) is 5.16. The van der Waals surface area contributed by atoms with Gasteiger partial charge >= 0.3 is 0 Å². The average Bonchev–Trinajstić information content (AvgIpc) is 2.39. The van der Waals surface area contributed by atoms with Gasteiger partial charge in [-0.15, -0.1) is 0 Å². The van der Waals surface area contributed by atoms with Crippen molar-refractivity contribution < 1.29 is 15.7 Å². The van der Waals surface area contributed by atoms with E-state index in [0.29, 0.717) is 13.2 Å². The van der Waals surface area contributed by atoms with Crippen LogP contribution in [-0.2, 0) is 0 Å². The summed E-state index contributed by atoms with van der Waals surface area (Å²) in [6, 6.07) is 0. The van der Waals surface area contributed by atoms with Gasteiger partial charge in [0.15, 0.2) is 0 Å². The minimum Gasteiger partial charge on any atom is -0.412 e. The summed E-state index contributed by atoms with van der Waals surface area (Å²) in [5.41, 5.74) is 0. The van der Waals surface area contributed by atoms with E-state index < -0.39 is 0 Å². The Morgan fingerprint density at radius 3 is 1.00 bits per heavy atom. The second-order valence-corrected chi connectivity index (χ2v) is 4.98. The molecule has 3 heteroatoms. The van der Waals surface area contributed by atoms with Gasteiger partial charge in [0.25, 0.3) is 0 Å². The molecule has 0 spiro atoms. The van der Waals surface area contributed by atoms with Crippen LogP contribution < -0.4 is 0 Å². The topological polar surface area (TPSA) is 72.0 Å². The van der Waals surface area contributed by atoms with Crippen LogP contribution in [0.4, 0.5) is 0 Å². The molecule has 0 aliphatic heterocycles. The predicted octanol–water partition coefficient (Wildman–Crippen LogP) is 3.85. The lowest BCUT2D eigenvalue weighted by Crippen LogP contribution is -1.82. The van der Waals surface area contributed by atoms with Crippen LogP contribution in [0.15, 0.2) is 0 Å². The third-order valence-electron chi connectivity index (χ3n) is 3.02. The Morgan fingerprint density at radius 2 is 0.737 bits per heavy atom. The maximum atomic E-state index is 8.42. The monoisotopic (exact) mass is 278 g/mol. The van der Waals surface area contributed by atoms with E-state index >= 15 is 0 Å². The molecule has 0 bridgehead atoms. The third-order valence-corrected chi connectivity index (χ3v) is 3.02. The predicted molar refractivity (Wildman–Crippen MR) is 84.5 cm³/mol. The van der Waals surface area contributed by atoms with Gasteiger partial charge in [-0.1, -0.05) is 78.1 Å². The second-order valence-electron chi connectivity index (χ2n) is 4.98. The van der Waals surface area contributed by atoms with E-state index in [0.717, 1.165) is 12.8 Å². The number of rotatable bonds is 12. The third kappa shape index (κ3) is 31.9. The van der Waals surface area contributed by atoms with Crippen molar-refractivity contribution in [2.75, 3.05) is 13.2 Å². The Morgan fingerprint density at radius 1 is 0.474 bits per heavy atom. The SMILES string of the molecule is CCCCCCCCO.CCCCCCCCO.O. The molecule has 0 atom stereocenters. The number of hydrogen-bond donors (Lipinski definition) is 2. The molecule has 0 unspecified atom stereocenters. The number of aliphatic hydroxyl groups is 2. The van der Waals surface area contributed by atoms with E-state index in [2.05, 4.69) is 13.8 Å². The number of hydrogen-bond acceptors (Lipinski definition) is 2. The zero-order valence-electron chi connectivity index (χ0n) is 13.3. The van der Waals surface area contributed by atoms with Gasteiger partial charge in [-0.05, 0) is 12.8 Å². The maximum Gasteiger partial charge on any atom is 0.0431 e. The molecular weight excluding hydrogens is 240 g/mol. The van der Waals surface area contributed by atoms with Crippen molar-refractivity contribution in [3.05, 3.63) is 0 Å². The van der Waals surface area contributed by atoms with Crippen molar-refractivity contribution in [3.63, 3.8) is 0 Å². The summed E-state index contributed by atoms with van der Waals surface area (Å²) < 4.78 is 0. The zero-order valence-corrected chi connectivity index (χ0v) is 13.3. The van der Waals surface area contributed by atoms with E-state index in [1.54, 1.807) is 0 Å². The van der Waals surface area contributed by atoms with Gasteiger partial charge in [-0.2, -0.15) is 0 Å². The van der Waals surface area contributed by atoms with Crippen molar-refractivity contribution in [1.29, 1.82) is 0 Å². The second kappa shape index (κ2) is 26.4. The molecule has 0 aromatic rings. The number of aliphatic hydroxyl groups excluding tert-OH is 2. The van der Waals surface area contributed by atoms with Crippen LogP contribution >= 0.6 is 0 Å². The molecule has 0 rings (SSSR count). The lowest BCUT2D eigenvalue weighted by Gasteiger charge is -1.95. The summed E-state index contributed by atoms with van der Waals surface area (Å²) in [5.74, 6) is 0. The Bertz CT molecular complexity index is 92.6. The fourth-order valence-electron chi connectivity index (χ4n) is 1.78. The Balaban J connectivity index is -0.000000256. The summed E-state index contributed by atoms with van der Waals surface area (Å²) in [5, 5.41) is 16.8. The van der Waals surface area contributed by atoms with Crippen LogP contribution in [0.5, 0.6) is 0 Å². The van der Waals surface area contributed by atoms with Crippen LogP contribution in [0.3, 0.4) is 0 Å². The van der Waals surface area contributed by atoms with E-state index in [1.165, 1.54) is 64.2 Å². The molecule has 0 heterocycles. The molecule has 0 aliphatic rings.